The predicted octanol–water partition coefficient (Wildman–Crippen LogP) is 4.19. The van der Waals surface area contributed by atoms with Gasteiger partial charge in [-0.05, 0) is 42.3 Å². The van der Waals surface area contributed by atoms with E-state index >= 15 is 0 Å². The summed E-state index contributed by atoms with van der Waals surface area (Å²) in [5.41, 5.74) is 5.63. The van der Waals surface area contributed by atoms with Gasteiger partial charge in [-0.15, -0.1) is 0 Å². The Morgan fingerprint density at radius 2 is 1.89 bits per heavy atom. The largest absolute Gasteiger partial charge is 0.493 e. The number of benzene rings is 1. The van der Waals surface area contributed by atoms with Crippen LogP contribution in [0, 0.1) is 11.7 Å². The molecule has 0 bridgehead atoms. The van der Waals surface area contributed by atoms with Gasteiger partial charge in [-0.2, -0.15) is 8.42 Å². The van der Waals surface area contributed by atoms with E-state index in [2.05, 4.69) is 9.97 Å². The average Bonchev–Trinajstić information content (AvgIpc) is 2.81. The third kappa shape index (κ3) is 6.52. The second-order valence-corrected chi connectivity index (χ2v) is 10.9. The van der Waals surface area contributed by atoms with E-state index in [0.717, 1.165) is 6.07 Å². The van der Waals surface area contributed by atoms with Crippen molar-refractivity contribution in [2.24, 2.45) is 5.92 Å². The van der Waals surface area contributed by atoms with Gasteiger partial charge in [0.25, 0.3) is 21.9 Å². The van der Waals surface area contributed by atoms with Crippen LogP contribution < -0.4 is 19.9 Å². The molecule has 1 amide bonds. The first-order chi connectivity index (χ1) is 17.8. The lowest BCUT2D eigenvalue weighted by Gasteiger charge is -2.34. The molecular weight excluding hydrogens is 525 g/mol. The summed E-state index contributed by atoms with van der Waals surface area (Å²) in [7, 11) is -4.43. The van der Waals surface area contributed by atoms with Gasteiger partial charge in [-0.3, -0.25) is 4.79 Å². The molecule has 0 unspecified atom stereocenters. The van der Waals surface area contributed by atoms with Gasteiger partial charge in [0.2, 0.25) is 5.88 Å². The quantitative estimate of drug-likeness (QED) is 0.405. The first-order valence-electron chi connectivity index (χ1n) is 11.6. The summed E-state index contributed by atoms with van der Waals surface area (Å²) < 4.78 is 79.5. The van der Waals surface area contributed by atoms with Crippen LogP contribution in [0.15, 0.2) is 53.6 Å². The zero-order chi connectivity index (χ0) is 27.7. The highest BCUT2D eigenvalue weighted by Crippen LogP contribution is 2.40. The summed E-state index contributed by atoms with van der Waals surface area (Å²) >= 11 is 0. The molecule has 13 heteroatoms. The molecule has 202 valence electrons. The van der Waals surface area contributed by atoms with Crippen molar-refractivity contribution in [1.82, 2.24) is 14.7 Å². The summed E-state index contributed by atoms with van der Waals surface area (Å²) in [6.45, 7) is 4.21. The highest BCUT2D eigenvalue weighted by Gasteiger charge is 2.47. The lowest BCUT2D eigenvalue weighted by molar-refractivity contribution is -0.135. The van der Waals surface area contributed by atoms with Gasteiger partial charge in [0, 0.05) is 24.5 Å². The van der Waals surface area contributed by atoms with E-state index in [0.29, 0.717) is 6.61 Å². The number of nitrogen functional groups attached to an aromatic ring is 1. The molecule has 3 N–H and O–H groups in total. The molecule has 3 aromatic rings. The maximum absolute atomic E-state index is 14.3. The fraction of sp³-hybridized carbons (Fsp3) is 0.320. The third-order valence-corrected chi connectivity index (χ3v) is 6.67. The van der Waals surface area contributed by atoms with E-state index in [1.807, 2.05) is 18.6 Å². The molecule has 1 aromatic carbocycles. The predicted molar refractivity (Wildman–Crippen MR) is 132 cm³/mol. The molecule has 1 aliphatic carbocycles. The van der Waals surface area contributed by atoms with Crippen molar-refractivity contribution in [2.75, 3.05) is 12.3 Å². The third-order valence-electron chi connectivity index (χ3n) is 5.43. The highest BCUT2D eigenvalue weighted by atomic mass is 32.2. The fourth-order valence-corrected chi connectivity index (χ4v) is 4.52. The number of carbonyl (C=O) groups is 1. The molecule has 1 saturated carbocycles. The molecule has 9 nitrogen and oxygen atoms in total. The Morgan fingerprint density at radius 1 is 1.16 bits per heavy atom. The van der Waals surface area contributed by atoms with Crippen molar-refractivity contribution in [3.63, 3.8) is 0 Å². The number of rotatable bonds is 9. The molecule has 0 aliphatic heterocycles. The van der Waals surface area contributed by atoms with Crippen molar-refractivity contribution in [3.05, 3.63) is 59.9 Å². The highest BCUT2D eigenvalue weighted by molar-refractivity contribution is 7.90. The van der Waals surface area contributed by atoms with Crippen molar-refractivity contribution in [3.8, 4) is 22.9 Å². The number of nitrogens with one attached hydrogen (secondary N) is 1. The summed E-state index contributed by atoms with van der Waals surface area (Å²) in [5, 5.41) is -0.495. The molecular formula is C25H25F3N4O5S. The zero-order valence-electron chi connectivity index (χ0n) is 20.4. The molecule has 0 saturated heterocycles. The number of hydrogen-bond acceptors (Lipinski definition) is 8. The molecule has 0 radical (unpaired) electrons. The van der Waals surface area contributed by atoms with Crippen molar-refractivity contribution >= 4 is 21.7 Å². The molecule has 38 heavy (non-hydrogen) atoms. The van der Waals surface area contributed by atoms with E-state index in [-0.39, 0.29) is 40.2 Å². The monoisotopic (exact) mass is 550 g/mol. The van der Waals surface area contributed by atoms with Gasteiger partial charge in [-0.25, -0.2) is 27.9 Å². The van der Waals surface area contributed by atoms with E-state index in [4.69, 9.17) is 15.2 Å². The van der Waals surface area contributed by atoms with Crippen LogP contribution in [0.3, 0.4) is 0 Å². The molecule has 0 spiro atoms. The van der Waals surface area contributed by atoms with Gasteiger partial charge in [0.1, 0.15) is 29.1 Å². The maximum atomic E-state index is 14.3. The van der Waals surface area contributed by atoms with Crippen LogP contribution in [-0.4, -0.2) is 42.9 Å². The fourth-order valence-electron chi connectivity index (χ4n) is 3.58. The van der Waals surface area contributed by atoms with Crippen LogP contribution in [0.4, 0.5) is 19.0 Å². The van der Waals surface area contributed by atoms with Gasteiger partial charge in [-0.1, -0.05) is 19.9 Å². The van der Waals surface area contributed by atoms with Crippen LogP contribution in [-0.2, 0) is 10.0 Å². The van der Waals surface area contributed by atoms with E-state index in [1.54, 1.807) is 0 Å². The Bertz CT molecular complexity index is 1460. The van der Waals surface area contributed by atoms with Gasteiger partial charge in [0.05, 0.1) is 12.3 Å². The van der Waals surface area contributed by atoms with Gasteiger partial charge < -0.3 is 15.2 Å². The molecule has 1 fully saturated rings. The number of pyridine rings is 2. The number of anilines is 1. The second kappa shape index (κ2) is 10.5. The topological polar surface area (TPSA) is 134 Å². The molecule has 2 heterocycles. The number of ether oxygens (including phenoxy) is 2. The molecule has 2 aromatic heterocycles. The Kier molecular flexibility index (Phi) is 7.49. The second-order valence-electron chi connectivity index (χ2n) is 9.27. The lowest BCUT2D eigenvalue weighted by Crippen LogP contribution is -2.43. The summed E-state index contributed by atoms with van der Waals surface area (Å²) in [6, 6.07) is 10.3. The van der Waals surface area contributed by atoms with Crippen molar-refractivity contribution in [1.29, 1.82) is 0 Å². The lowest BCUT2D eigenvalue weighted by atomic mass is 9.91. The Labute approximate surface area is 217 Å². The smallest absolute Gasteiger partial charge is 0.281 e. The summed E-state index contributed by atoms with van der Waals surface area (Å²) in [5.74, 6) is -4.67. The first-order valence-corrected chi connectivity index (χ1v) is 13.1. The number of hydrogen-bond donors (Lipinski definition) is 2. The number of halogens is 3. The Balaban J connectivity index is 1.67. The van der Waals surface area contributed by atoms with Crippen LogP contribution in [0.2, 0.25) is 0 Å². The standard InChI is InChI=1S/C25H25F3N4O5S/c1-14(2)13-36-17-9-15(8-16(26)10-17)20-7-6-19(24(30-20)37-18-11-25(27,28)12-18)23(33)32-38(34,35)22-5-3-4-21(29)31-22/h3-10,14,18H,11-13H2,1-2H3,(H2,29,31)(H,32,33). The number of carbonyl (C=O) groups excluding carboxylic acids is 1. The van der Waals surface area contributed by atoms with Gasteiger partial charge in [0.15, 0.2) is 5.03 Å². The molecule has 0 atom stereocenters. The minimum atomic E-state index is -4.43. The number of aromatic nitrogens is 2. The van der Waals surface area contributed by atoms with Crippen LogP contribution in [0.5, 0.6) is 11.6 Å². The summed E-state index contributed by atoms with van der Waals surface area (Å²) in [6.07, 6.45) is -2.15. The van der Waals surface area contributed by atoms with Gasteiger partial charge >= 0.3 is 0 Å². The molecule has 4 rings (SSSR count). The molecule has 1 aliphatic rings. The Hall–Kier alpha value is -3.87. The number of nitrogens with zero attached hydrogens (tertiary/aromatic N) is 2. The first kappa shape index (κ1) is 27.2. The SMILES string of the molecule is CC(C)COc1cc(F)cc(-c2ccc(C(=O)NS(=O)(=O)c3cccc(N)n3)c(OC3CC(F)(F)C3)n2)c1. The average molecular weight is 551 g/mol. The normalized spacial score (nSPS) is 15.1. The van der Waals surface area contributed by atoms with Crippen LogP contribution in [0.1, 0.15) is 37.0 Å². The van der Waals surface area contributed by atoms with E-state index < -0.39 is 51.6 Å². The minimum absolute atomic E-state index is 0.0758. The zero-order valence-corrected chi connectivity index (χ0v) is 21.3. The van der Waals surface area contributed by atoms with E-state index in [9.17, 15) is 26.4 Å². The van der Waals surface area contributed by atoms with Crippen LogP contribution in [0.25, 0.3) is 11.3 Å². The maximum Gasteiger partial charge on any atom is 0.281 e. The number of nitrogens with two attached hydrogens (primary N) is 1. The Morgan fingerprint density at radius 3 is 2.55 bits per heavy atom. The number of amides is 1. The summed E-state index contributed by atoms with van der Waals surface area (Å²) in [4.78, 5) is 20.9. The number of sulfonamides is 1. The number of alkyl halides is 2. The van der Waals surface area contributed by atoms with Crippen molar-refractivity contribution < 1.29 is 35.9 Å². The minimum Gasteiger partial charge on any atom is -0.493 e. The van der Waals surface area contributed by atoms with Crippen molar-refractivity contribution in [2.45, 2.75) is 43.7 Å². The van der Waals surface area contributed by atoms with Crippen LogP contribution >= 0.6 is 0 Å². The van der Waals surface area contributed by atoms with E-state index in [1.165, 1.54) is 42.5 Å².